The number of hydrogen-bond donors (Lipinski definition) is 2. The molecule has 0 aliphatic rings. The van der Waals surface area contributed by atoms with Crippen molar-refractivity contribution in [2.75, 3.05) is 17.2 Å². The van der Waals surface area contributed by atoms with E-state index in [1.54, 1.807) is 23.4 Å². The van der Waals surface area contributed by atoms with Crippen molar-refractivity contribution in [3.63, 3.8) is 0 Å². The number of nitrogens with zero attached hydrogens (tertiary/aromatic N) is 2. The third-order valence-corrected chi connectivity index (χ3v) is 2.70. The lowest BCUT2D eigenvalue weighted by Gasteiger charge is -2.24. The third kappa shape index (κ3) is 3.45. The van der Waals surface area contributed by atoms with Crippen LogP contribution in [0.1, 0.15) is 5.56 Å². The van der Waals surface area contributed by atoms with Crippen molar-refractivity contribution in [1.82, 2.24) is 4.98 Å². The van der Waals surface area contributed by atoms with Gasteiger partial charge in [0.05, 0.1) is 11.4 Å². The summed E-state index contributed by atoms with van der Waals surface area (Å²) in [5, 5.41) is 9.02. The fraction of sp³-hybridized carbons (Fsp3) is 0.143. The van der Waals surface area contributed by atoms with E-state index >= 15 is 0 Å². The highest BCUT2D eigenvalue weighted by atomic mass is 16.4. The molecule has 1 aromatic carbocycles. The number of rotatable bonds is 5. The summed E-state index contributed by atoms with van der Waals surface area (Å²) in [5.41, 5.74) is 8.12. The first-order valence-corrected chi connectivity index (χ1v) is 5.87. The number of nitrogens with two attached hydrogens (primary N) is 1. The lowest BCUT2D eigenvalue weighted by atomic mass is 10.2. The van der Waals surface area contributed by atoms with Gasteiger partial charge in [0.1, 0.15) is 6.54 Å². The normalized spacial score (nSPS) is 10.1. The van der Waals surface area contributed by atoms with E-state index in [1.807, 2.05) is 30.3 Å². The molecule has 2 rings (SSSR count). The van der Waals surface area contributed by atoms with Gasteiger partial charge >= 0.3 is 5.97 Å². The maximum atomic E-state index is 11.0. The summed E-state index contributed by atoms with van der Waals surface area (Å²) in [6.07, 6.45) is 3.40. The van der Waals surface area contributed by atoms with Gasteiger partial charge in [0.15, 0.2) is 0 Å². The van der Waals surface area contributed by atoms with Crippen LogP contribution in [0.3, 0.4) is 0 Å². The van der Waals surface area contributed by atoms with E-state index in [-0.39, 0.29) is 6.54 Å². The lowest BCUT2D eigenvalue weighted by Crippen LogP contribution is -2.29. The highest BCUT2D eigenvalue weighted by Gasteiger charge is 2.13. The summed E-state index contributed by atoms with van der Waals surface area (Å²) in [6.45, 7) is 0.345. The molecule has 98 valence electrons. The molecule has 3 N–H and O–H groups in total. The molecule has 2 aromatic rings. The van der Waals surface area contributed by atoms with Gasteiger partial charge in [-0.15, -0.1) is 0 Å². The summed E-state index contributed by atoms with van der Waals surface area (Å²) in [7, 11) is 0. The standard InChI is InChI=1S/C14H15N3O2/c15-12-5-1-2-6-13(12)17(10-14(18)19)9-11-4-3-7-16-8-11/h1-8H,9-10,15H2,(H,18,19). The Labute approximate surface area is 111 Å². The maximum Gasteiger partial charge on any atom is 0.323 e. The second-order valence-corrected chi connectivity index (χ2v) is 4.17. The molecule has 0 aliphatic heterocycles. The number of para-hydroxylation sites is 2. The quantitative estimate of drug-likeness (QED) is 0.798. The van der Waals surface area contributed by atoms with Crippen molar-refractivity contribution >= 4 is 17.3 Å². The van der Waals surface area contributed by atoms with Crippen molar-refractivity contribution in [3.8, 4) is 0 Å². The fourth-order valence-corrected chi connectivity index (χ4v) is 1.88. The van der Waals surface area contributed by atoms with E-state index in [9.17, 15) is 4.79 Å². The van der Waals surface area contributed by atoms with Crippen molar-refractivity contribution < 1.29 is 9.90 Å². The molecule has 1 aromatic heterocycles. The topological polar surface area (TPSA) is 79.5 Å². The highest BCUT2D eigenvalue weighted by Crippen LogP contribution is 2.23. The second kappa shape index (κ2) is 5.86. The Morgan fingerprint density at radius 2 is 2.05 bits per heavy atom. The number of nitrogen functional groups attached to an aromatic ring is 1. The molecule has 0 fully saturated rings. The lowest BCUT2D eigenvalue weighted by molar-refractivity contribution is -0.135. The van der Waals surface area contributed by atoms with Crippen molar-refractivity contribution in [3.05, 3.63) is 54.4 Å². The molecule has 0 spiro atoms. The van der Waals surface area contributed by atoms with Gasteiger partial charge in [-0.1, -0.05) is 18.2 Å². The first-order valence-electron chi connectivity index (χ1n) is 5.87. The largest absolute Gasteiger partial charge is 0.480 e. The second-order valence-electron chi connectivity index (χ2n) is 4.17. The number of benzene rings is 1. The minimum Gasteiger partial charge on any atom is -0.480 e. The van der Waals surface area contributed by atoms with Gasteiger partial charge in [0, 0.05) is 18.9 Å². The summed E-state index contributed by atoms with van der Waals surface area (Å²) in [4.78, 5) is 16.7. The average Bonchev–Trinajstić information content (AvgIpc) is 2.39. The molecule has 1 heterocycles. The molecule has 0 unspecified atom stereocenters. The highest BCUT2D eigenvalue weighted by molar-refractivity contribution is 5.77. The Kier molecular flexibility index (Phi) is 3.97. The predicted molar refractivity (Wildman–Crippen MR) is 73.8 cm³/mol. The van der Waals surface area contributed by atoms with Gasteiger partial charge in [-0.25, -0.2) is 0 Å². The van der Waals surface area contributed by atoms with Crippen LogP contribution in [0.2, 0.25) is 0 Å². The van der Waals surface area contributed by atoms with Gasteiger partial charge in [-0.05, 0) is 23.8 Å². The van der Waals surface area contributed by atoms with Gasteiger partial charge in [0.2, 0.25) is 0 Å². The predicted octanol–water partition coefficient (Wildman–Crippen LogP) is 1.76. The van der Waals surface area contributed by atoms with E-state index in [2.05, 4.69) is 4.98 Å². The average molecular weight is 257 g/mol. The molecular weight excluding hydrogens is 242 g/mol. The minimum absolute atomic E-state index is 0.108. The van der Waals surface area contributed by atoms with Crippen LogP contribution in [-0.2, 0) is 11.3 Å². The maximum absolute atomic E-state index is 11.0. The molecule has 0 bridgehead atoms. The Morgan fingerprint density at radius 3 is 2.68 bits per heavy atom. The van der Waals surface area contributed by atoms with E-state index in [0.717, 1.165) is 5.56 Å². The van der Waals surface area contributed by atoms with Crippen LogP contribution in [-0.4, -0.2) is 22.6 Å². The van der Waals surface area contributed by atoms with Crippen LogP contribution in [0.4, 0.5) is 11.4 Å². The molecule has 0 amide bonds. The third-order valence-electron chi connectivity index (χ3n) is 2.70. The Balaban J connectivity index is 2.26. The van der Waals surface area contributed by atoms with Crippen molar-refractivity contribution in [1.29, 1.82) is 0 Å². The molecule has 0 aliphatic carbocycles. The molecular formula is C14H15N3O2. The summed E-state index contributed by atoms with van der Waals surface area (Å²) in [5.74, 6) is -0.896. The van der Waals surface area contributed by atoms with Crippen LogP contribution in [0.15, 0.2) is 48.8 Å². The number of carboxylic acids is 1. The van der Waals surface area contributed by atoms with Crippen LogP contribution in [0.5, 0.6) is 0 Å². The van der Waals surface area contributed by atoms with Crippen LogP contribution in [0, 0.1) is 0 Å². The number of aromatic nitrogens is 1. The molecule has 5 heteroatoms. The van der Waals surface area contributed by atoms with Crippen molar-refractivity contribution in [2.45, 2.75) is 6.54 Å². The Bertz CT molecular complexity index is 558. The molecule has 19 heavy (non-hydrogen) atoms. The fourth-order valence-electron chi connectivity index (χ4n) is 1.88. The van der Waals surface area contributed by atoms with Crippen molar-refractivity contribution in [2.24, 2.45) is 0 Å². The van der Waals surface area contributed by atoms with E-state index < -0.39 is 5.97 Å². The zero-order chi connectivity index (χ0) is 13.7. The van der Waals surface area contributed by atoms with Crippen LogP contribution < -0.4 is 10.6 Å². The molecule has 0 saturated carbocycles. The number of anilines is 2. The van der Waals surface area contributed by atoms with Gasteiger partial charge in [-0.3, -0.25) is 9.78 Å². The van der Waals surface area contributed by atoms with Gasteiger partial charge in [0.25, 0.3) is 0 Å². The molecule has 0 saturated heterocycles. The number of aliphatic carboxylic acids is 1. The number of carboxylic acid groups (broad SMARTS) is 1. The Hall–Kier alpha value is -2.56. The van der Waals surface area contributed by atoms with Gasteiger partial charge in [-0.2, -0.15) is 0 Å². The summed E-state index contributed by atoms with van der Waals surface area (Å²) < 4.78 is 0. The van der Waals surface area contributed by atoms with Crippen LogP contribution >= 0.6 is 0 Å². The van der Waals surface area contributed by atoms with Gasteiger partial charge < -0.3 is 15.7 Å². The van der Waals surface area contributed by atoms with Crippen LogP contribution in [0.25, 0.3) is 0 Å². The number of pyridine rings is 1. The number of hydrogen-bond acceptors (Lipinski definition) is 4. The van der Waals surface area contributed by atoms with E-state index in [0.29, 0.717) is 17.9 Å². The minimum atomic E-state index is -0.896. The molecule has 0 radical (unpaired) electrons. The summed E-state index contributed by atoms with van der Waals surface area (Å²) in [6, 6.07) is 11.0. The number of carbonyl (C=O) groups is 1. The van der Waals surface area contributed by atoms with E-state index in [4.69, 9.17) is 10.8 Å². The molecule has 0 atom stereocenters. The summed E-state index contributed by atoms with van der Waals surface area (Å²) >= 11 is 0. The zero-order valence-electron chi connectivity index (χ0n) is 10.4. The zero-order valence-corrected chi connectivity index (χ0v) is 10.4. The van der Waals surface area contributed by atoms with E-state index in [1.165, 1.54) is 0 Å². The first-order chi connectivity index (χ1) is 9.16. The first kappa shape index (κ1) is 12.9. The monoisotopic (exact) mass is 257 g/mol. The smallest absolute Gasteiger partial charge is 0.323 e. The Morgan fingerprint density at radius 1 is 1.26 bits per heavy atom. The molecule has 5 nitrogen and oxygen atoms in total. The SMILES string of the molecule is Nc1ccccc1N(CC(=O)O)Cc1cccnc1.